The van der Waals surface area contributed by atoms with E-state index in [0.29, 0.717) is 6.42 Å². The molecule has 0 fully saturated rings. The van der Waals surface area contributed by atoms with Crippen LogP contribution < -0.4 is 4.72 Å². The Hall–Kier alpha value is -2.45. The molecule has 0 saturated heterocycles. The van der Waals surface area contributed by atoms with Gasteiger partial charge in [-0.25, -0.2) is 13.1 Å². The molecule has 1 heterocycles. The molecule has 0 aliphatic carbocycles. The Morgan fingerprint density at radius 1 is 0.962 bits per heavy atom. The highest BCUT2D eigenvalue weighted by Crippen LogP contribution is 2.29. The number of halogens is 3. The zero-order valence-corrected chi connectivity index (χ0v) is 14.3. The third-order valence-corrected chi connectivity index (χ3v) is 5.37. The molecule has 0 amide bonds. The van der Waals surface area contributed by atoms with Crippen LogP contribution in [0.25, 0.3) is 10.9 Å². The first kappa shape index (κ1) is 18.3. The summed E-state index contributed by atoms with van der Waals surface area (Å²) in [5, 5.41) is 0.954. The minimum absolute atomic E-state index is 0.110. The number of nitrogens with zero attached hydrogens (tertiary/aromatic N) is 1. The van der Waals surface area contributed by atoms with Crippen molar-refractivity contribution in [1.29, 1.82) is 0 Å². The molecule has 4 nitrogen and oxygen atoms in total. The summed E-state index contributed by atoms with van der Waals surface area (Å²) < 4.78 is 64.6. The van der Waals surface area contributed by atoms with Gasteiger partial charge < -0.3 is 0 Å². The van der Waals surface area contributed by atoms with Gasteiger partial charge in [0.05, 0.1) is 16.0 Å². The van der Waals surface area contributed by atoms with E-state index >= 15 is 0 Å². The first-order chi connectivity index (χ1) is 12.3. The normalized spacial score (nSPS) is 12.4. The Morgan fingerprint density at radius 2 is 1.65 bits per heavy atom. The monoisotopic (exact) mass is 380 g/mol. The second kappa shape index (κ2) is 7.05. The molecule has 0 unspecified atom stereocenters. The maximum Gasteiger partial charge on any atom is 0.416 e. The quantitative estimate of drug-likeness (QED) is 0.733. The lowest BCUT2D eigenvalue weighted by molar-refractivity contribution is -0.137. The van der Waals surface area contributed by atoms with Crippen LogP contribution in [0, 0.1) is 0 Å². The van der Waals surface area contributed by atoms with Gasteiger partial charge in [-0.15, -0.1) is 0 Å². The number of pyridine rings is 1. The molecule has 1 N–H and O–H groups in total. The Morgan fingerprint density at radius 3 is 2.35 bits per heavy atom. The first-order valence-corrected chi connectivity index (χ1v) is 9.25. The summed E-state index contributed by atoms with van der Waals surface area (Å²) in [6.45, 7) is 0.110. The highest BCUT2D eigenvalue weighted by Gasteiger charge is 2.30. The van der Waals surface area contributed by atoms with Gasteiger partial charge in [0, 0.05) is 18.1 Å². The third kappa shape index (κ3) is 4.03. The molecule has 3 aromatic rings. The number of rotatable bonds is 5. The summed E-state index contributed by atoms with van der Waals surface area (Å²) in [5.74, 6) is 0. The fourth-order valence-electron chi connectivity index (χ4n) is 2.60. The van der Waals surface area contributed by atoms with Gasteiger partial charge in [0.25, 0.3) is 0 Å². The fraction of sp³-hybridized carbons (Fsp3) is 0.167. The number of hydrogen-bond acceptors (Lipinski definition) is 3. The fourth-order valence-corrected chi connectivity index (χ4v) is 3.63. The van der Waals surface area contributed by atoms with Crippen LogP contribution in [-0.2, 0) is 22.6 Å². The highest BCUT2D eigenvalue weighted by atomic mass is 32.2. The van der Waals surface area contributed by atoms with Crippen LogP contribution in [0.5, 0.6) is 0 Å². The first-order valence-electron chi connectivity index (χ1n) is 7.77. The number of nitrogens with one attached hydrogen (secondary N) is 1. The zero-order valence-electron chi connectivity index (χ0n) is 13.5. The Balaban J connectivity index is 1.70. The second-order valence-corrected chi connectivity index (χ2v) is 7.43. The molecule has 0 aliphatic heterocycles. The van der Waals surface area contributed by atoms with Crippen molar-refractivity contribution < 1.29 is 21.6 Å². The van der Waals surface area contributed by atoms with Crippen LogP contribution in [0.15, 0.2) is 65.7 Å². The molecule has 3 rings (SSSR count). The predicted octanol–water partition coefficient (Wildman–Crippen LogP) is 3.77. The highest BCUT2D eigenvalue weighted by molar-refractivity contribution is 7.89. The topological polar surface area (TPSA) is 59.1 Å². The lowest BCUT2D eigenvalue weighted by Crippen LogP contribution is -2.26. The van der Waals surface area contributed by atoms with Gasteiger partial charge in [-0.3, -0.25) is 4.98 Å². The maximum absolute atomic E-state index is 12.6. The average Bonchev–Trinajstić information content (AvgIpc) is 2.61. The number of hydrogen-bond donors (Lipinski definition) is 1. The SMILES string of the molecule is O=S(=O)(NCCc1cccc2cccnc12)c1ccc(C(F)(F)F)cc1. The minimum atomic E-state index is -4.50. The van der Waals surface area contributed by atoms with Gasteiger partial charge in [-0.05, 0) is 42.3 Å². The van der Waals surface area contributed by atoms with E-state index < -0.39 is 21.8 Å². The number of benzene rings is 2. The van der Waals surface area contributed by atoms with Crippen LogP contribution in [0.4, 0.5) is 13.2 Å². The molecule has 8 heteroatoms. The van der Waals surface area contributed by atoms with E-state index in [1.165, 1.54) is 0 Å². The molecule has 0 spiro atoms. The van der Waals surface area contributed by atoms with Crippen molar-refractivity contribution in [2.24, 2.45) is 0 Å². The molecule has 0 atom stereocenters. The zero-order chi connectivity index (χ0) is 18.8. The van der Waals surface area contributed by atoms with Crippen molar-refractivity contribution in [2.75, 3.05) is 6.54 Å². The molecule has 1 aromatic heterocycles. The summed E-state index contributed by atoms with van der Waals surface area (Å²) in [6, 6.07) is 12.8. The van der Waals surface area contributed by atoms with Gasteiger partial charge in [0.2, 0.25) is 10.0 Å². The van der Waals surface area contributed by atoms with E-state index in [9.17, 15) is 21.6 Å². The standard InChI is InChI=1S/C18H15F3N2O2S/c19-18(20,21)15-6-8-16(9-7-15)26(24,25)23-12-10-14-4-1-3-13-5-2-11-22-17(13)14/h1-9,11,23H,10,12H2. The Labute approximate surface area is 148 Å². The van der Waals surface area contributed by atoms with Gasteiger partial charge in [0.1, 0.15) is 0 Å². The molecule has 2 aromatic carbocycles. The molecule has 0 bridgehead atoms. The van der Waals surface area contributed by atoms with Crippen molar-refractivity contribution in [2.45, 2.75) is 17.5 Å². The smallest absolute Gasteiger partial charge is 0.256 e. The van der Waals surface area contributed by atoms with Crippen LogP contribution in [0.1, 0.15) is 11.1 Å². The molecular weight excluding hydrogens is 365 g/mol. The molecule has 0 radical (unpaired) electrons. The summed E-state index contributed by atoms with van der Waals surface area (Å²) in [6.07, 6.45) is -2.43. The van der Waals surface area contributed by atoms with Gasteiger partial charge in [-0.1, -0.05) is 24.3 Å². The van der Waals surface area contributed by atoms with E-state index in [1.54, 1.807) is 6.20 Å². The largest absolute Gasteiger partial charge is 0.416 e. The van der Waals surface area contributed by atoms with E-state index in [1.807, 2.05) is 30.3 Å². The van der Waals surface area contributed by atoms with Gasteiger partial charge in [-0.2, -0.15) is 13.2 Å². The molecule has 0 aliphatic rings. The number of para-hydroxylation sites is 1. The van der Waals surface area contributed by atoms with Crippen molar-refractivity contribution >= 4 is 20.9 Å². The second-order valence-electron chi connectivity index (χ2n) is 5.66. The van der Waals surface area contributed by atoms with Crippen LogP contribution >= 0.6 is 0 Å². The molecule has 136 valence electrons. The van der Waals surface area contributed by atoms with E-state index in [0.717, 1.165) is 40.7 Å². The maximum atomic E-state index is 12.6. The molecule has 26 heavy (non-hydrogen) atoms. The summed E-state index contributed by atoms with van der Waals surface area (Å²) in [5.41, 5.74) is 0.792. The van der Waals surface area contributed by atoms with Crippen molar-refractivity contribution in [3.8, 4) is 0 Å². The lowest BCUT2D eigenvalue weighted by Gasteiger charge is -2.10. The van der Waals surface area contributed by atoms with Crippen molar-refractivity contribution in [3.63, 3.8) is 0 Å². The summed E-state index contributed by atoms with van der Waals surface area (Å²) >= 11 is 0. The van der Waals surface area contributed by atoms with Crippen LogP contribution in [0.3, 0.4) is 0 Å². The number of fused-ring (bicyclic) bond motifs is 1. The lowest BCUT2D eigenvalue weighted by atomic mass is 10.1. The molecule has 0 saturated carbocycles. The Kier molecular flexibility index (Phi) is 4.97. The molecular formula is C18H15F3N2O2S. The van der Waals surface area contributed by atoms with Crippen molar-refractivity contribution in [3.05, 3.63) is 71.9 Å². The third-order valence-electron chi connectivity index (χ3n) is 3.89. The van der Waals surface area contributed by atoms with Gasteiger partial charge >= 0.3 is 6.18 Å². The number of alkyl halides is 3. The van der Waals surface area contributed by atoms with Crippen LogP contribution in [0.2, 0.25) is 0 Å². The number of aromatic nitrogens is 1. The van der Waals surface area contributed by atoms with E-state index in [2.05, 4.69) is 9.71 Å². The summed E-state index contributed by atoms with van der Waals surface area (Å²) in [7, 11) is -3.88. The van der Waals surface area contributed by atoms with E-state index in [4.69, 9.17) is 0 Å². The predicted molar refractivity (Wildman–Crippen MR) is 92.1 cm³/mol. The van der Waals surface area contributed by atoms with Crippen molar-refractivity contribution in [1.82, 2.24) is 9.71 Å². The van der Waals surface area contributed by atoms with Crippen LogP contribution in [-0.4, -0.2) is 19.9 Å². The minimum Gasteiger partial charge on any atom is -0.256 e. The van der Waals surface area contributed by atoms with Gasteiger partial charge in [0.15, 0.2) is 0 Å². The summed E-state index contributed by atoms with van der Waals surface area (Å²) in [4.78, 5) is 4.10. The number of sulfonamides is 1. The van der Waals surface area contributed by atoms with E-state index in [-0.39, 0.29) is 11.4 Å². The average molecular weight is 380 g/mol. The Bertz CT molecular complexity index is 1010.